The molecule has 43 heavy (non-hydrogen) atoms. The number of allylic oxidation sites excluding steroid dienone is 1. The minimum absolute atomic E-state index is 0.0499. The second-order valence-electron chi connectivity index (χ2n) is 10.4. The van der Waals surface area contributed by atoms with Crippen molar-refractivity contribution in [1.82, 2.24) is 14.6 Å². The van der Waals surface area contributed by atoms with Gasteiger partial charge in [-0.15, -0.1) is 6.58 Å². The molecule has 0 aliphatic carbocycles. The molecule has 0 aliphatic rings. The third-order valence-corrected chi connectivity index (χ3v) is 8.62. The maximum absolute atomic E-state index is 13.0. The number of aromatic nitrogens is 1. The number of nitrogens with one attached hydrogen (secondary N) is 2. The quantitative estimate of drug-likeness (QED) is 0.159. The van der Waals surface area contributed by atoms with Crippen molar-refractivity contribution in [2.24, 2.45) is 0 Å². The lowest BCUT2D eigenvalue weighted by Gasteiger charge is -2.12. The van der Waals surface area contributed by atoms with Crippen LogP contribution in [0.4, 0.5) is 0 Å². The molecular formula is C34H37N3O5S. The first-order chi connectivity index (χ1) is 20.6. The summed E-state index contributed by atoms with van der Waals surface area (Å²) in [5.41, 5.74) is 5.11. The van der Waals surface area contributed by atoms with E-state index in [1.54, 1.807) is 50.2 Å². The summed E-state index contributed by atoms with van der Waals surface area (Å²) in [6.07, 6.45) is 7.13. The first-order valence-corrected chi connectivity index (χ1v) is 15.5. The Morgan fingerprint density at radius 2 is 1.81 bits per heavy atom. The standard InChI is InChI=1S/C34H37N3O5S/c1-6-16-35-33(38)24(4)18-25-12-15-30-29(19-25)28(22-37(30)17-7-2)20-26-13-14-27(21-31(26)42-5)34(39)36-43(40,41)32-11-9-8-10-23(32)3/h7-15,18-19,21-22H,2,6,16-17,20H2,1,3-5H3,(H,35,38)(H,36,39)/b24-18+. The fraction of sp³-hybridized carbons (Fsp3) is 0.235. The average Bonchev–Trinajstić information content (AvgIpc) is 3.32. The smallest absolute Gasteiger partial charge is 0.265 e. The molecule has 0 unspecified atom stereocenters. The number of rotatable bonds is 12. The van der Waals surface area contributed by atoms with E-state index in [1.165, 1.54) is 13.2 Å². The van der Waals surface area contributed by atoms with Crippen molar-refractivity contribution in [2.45, 2.75) is 45.1 Å². The molecule has 3 aromatic carbocycles. The van der Waals surface area contributed by atoms with Gasteiger partial charge in [-0.05, 0) is 78.9 Å². The lowest BCUT2D eigenvalue weighted by Crippen LogP contribution is -2.31. The number of carbonyl (C=O) groups is 2. The molecule has 0 saturated carbocycles. The van der Waals surface area contributed by atoms with Gasteiger partial charge < -0.3 is 14.6 Å². The van der Waals surface area contributed by atoms with Gasteiger partial charge in [-0.1, -0.05) is 43.3 Å². The van der Waals surface area contributed by atoms with Crippen LogP contribution < -0.4 is 14.8 Å². The highest BCUT2D eigenvalue weighted by molar-refractivity contribution is 7.90. The monoisotopic (exact) mass is 599 g/mol. The Kier molecular flexibility index (Phi) is 9.88. The van der Waals surface area contributed by atoms with Gasteiger partial charge in [0.25, 0.3) is 15.9 Å². The zero-order valence-corrected chi connectivity index (χ0v) is 25.8. The zero-order valence-electron chi connectivity index (χ0n) is 24.9. The molecule has 0 atom stereocenters. The molecule has 1 heterocycles. The molecule has 9 heteroatoms. The summed E-state index contributed by atoms with van der Waals surface area (Å²) in [6, 6.07) is 17.5. The summed E-state index contributed by atoms with van der Waals surface area (Å²) < 4.78 is 35.6. The fourth-order valence-electron chi connectivity index (χ4n) is 4.93. The van der Waals surface area contributed by atoms with E-state index in [2.05, 4.69) is 33.4 Å². The highest BCUT2D eigenvalue weighted by atomic mass is 32.2. The van der Waals surface area contributed by atoms with Gasteiger partial charge in [0.2, 0.25) is 5.91 Å². The molecule has 0 fully saturated rings. The number of hydrogen-bond donors (Lipinski definition) is 2. The Morgan fingerprint density at radius 1 is 1.05 bits per heavy atom. The number of amides is 2. The van der Waals surface area contributed by atoms with Gasteiger partial charge in [0.15, 0.2) is 0 Å². The predicted molar refractivity (Wildman–Crippen MR) is 171 cm³/mol. The van der Waals surface area contributed by atoms with Crippen LogP contribution in [-0.4, -0.2) is 38.5 Å². The molecule has 4 aromatic rings. The van der Waals surface area contributed by atoms with Crippen molar-refractivity contribution >= 4 is 38.8 Å². The van der Waals surface area contributed by atoms with Crippen LogP contribution in [-0.2, 0) is 27.8 Å². The van der Waals surface area contributed by atoms with Crippen molar-refractivity contribution in [1.29, 1.82) is 0 Å². The van der Waals surface area contributed by atoms with E-state index < -0.39 is 15.9 Å². The van der Waals surface area contributed by atoms with Gasteiger partial charge in [0.05, 0.1) is 12.0 Å². The van der Waals surface area contributed by atoms with Crippen molar-refractivity contribution in [3.05, 3.63) is 113 Å². The number of benzene rings is 3. The Labute approximate surface area is 253 Å². The van der Waals surface area contributed by atoms with Crippen LogP contribution in [0.15, 0.2) is 90.0 Å². The minimum atomic E-state index is -4.05. The maximum atomic E-state index is 13.0. The molecular weight excluding hydrogens is 562 g/mol. The summed E-state index contributed by atoms with van der Waals surface area (Å²) in [5, 5.41) is 3.92. The lowest BCUT2D eigenvalue weighted by molar-refractivity contribution is -0.117. The average molecular weight is 600 g/mol. The summed E-state index contributed by atoms with van der Waals surface area (Å²) in [5.74, 6) is -0.373. The first kappa shape index (κ1) is 31.3. The maximum Gasteiger partial charge on any atom is 0.265 e. The van der Waals surface area contributed by atoms with Crippen LogP contribution in [0.25, 0.3) is 17.0 Å². The Bertz CT molecular complexity index is 1820. The Morgan fingerprint density at radius 3 is 2.51 bits per heavy atom. The third-order valence-electron chi connectivity index (χ3n) is 7.13. The molecule has 1 aromatic heterocycles. The Balaban J connectivity index is 1.64. The number of hydrogen-bond acceptors (Lipinski definition) is 5. The Hall–Kier alpha value is -4.63. The fourth-order valence-corrected chi connectivity index (χ4v) is 6.16. The van der Waals surface area contributed by atoms with E-state index in [-0.39, 0.29) is 16.4 Å². The van der Waals surface area contributed by atoms with E-state index in [4.69, 9.17) is 4.74 Å². The van der Waals surface area contributed by atoms with E-state index in [9.17, 15) is 18.0 Å². The molecule has 0 saturated heterocycles. The number of carbonyl (C=O) groups excluding carboxylic acids is 2. The van der Waals surface area contributed by atoms with Gasteiger partial charge in [0, 0.05) is 47.7 Å². The largest absolute Gasteiger partial charge is 0.496 e. The second kappa shape index (κ2) is 13.6. The molecule has 0 radical (unpaired) electrons. The van der Waals surface area contributed by atoms with E-state index >= 15 is 0 Å². The van der Waals surface area contributed by atoms with Gasteiger partial charge in [0.1, 0.15) is 5.75 Å². The van der Waals surface area contributed by atoms with Crippen LogP contribution in [0.1, 0.15) is 52.9 Å². The summed E-state index contributed by atoms with van der Waals surface area (Å²) >= 11 is 0. The van der Waals surface area contributed by atoms with Crippen molar-refractivity contribution < 1.29 is 22.7 Å². The highest BCUT2D eigenvalue weighted by Crippen LogP contribution is 2.30. The summed E-state index contributed by atoms with van der Waals surface area (Å²) in [7, 11) is -2.53. The molecule has 224 valence electrons. The molecule has 4 rings (SSSR count). The van der Waals surface area contributed by atoms with Crippen molar-refractivity contribution in [3.63, 3.8) is 0 Å². The number of aryl methyl sites for hydroxylation is 1. The summed E-state index contributed by atoms with van der Waals surface area (Å²) in [6.45, 7) is 10.6. The number of fused-ring (bicyclic) bond motifs is 1. The van der Waals surface area contributed by atoms with Crippen LogP contribution in [0.3, 0.4) is 0 Å². The molecule has 0 spiro atoms. The summed E-state index contributed by atoms with van der Waals surface area (Å²) in [4.78, 5) is 25.4. The predicted octanol–water partition coefficient (Wildman–Crippen LogP) is 5.78. The van der Waals surface area contributed by atoms with Gasteiger partial charge in [-0.2, -0.15) is 0 Å². The molecule has 0 aliphatic heterocycles. The molecule has 0 bridgehead atoms. The minimum Gasteiger partial charge on any atom is -0.496 e. The van der Waals surface area contributed by atoms with Gasteiger partial charge >= 0.3 is 0 Å². The number of nitrogens with zero attached hydrogens (tertiary/aromatic N) is 1. The highest BCUT2D eigenvalue weighted by Gasteiger charge is 2.21. The topological polar surface area (TPSA) is 106 Å². The van der Waals surface area contributed by atoms with Crippen LogP contribution >= 0.6 is 0 Å². The number of sulfonamides is 1. The second-order valence-corrected chi connectivity index (χ2v) is 12.0. The zero-order chi connectivity index (χ0) is 31.1. The SMILES string of the molecule is C=CCn1cc(Cc2ccc(C(=O)NS(=O)(=O)c3ccccc3C)cc2OC)c2cc(/C=C(\C)C(=O)NCCC)ccc21. The normalized spacial score (nSPS) is 11.8. The molecule has 2 amide bonds. The van der Waals surface area contributed by atoms with Crippen LogP contribution in [0.5, 0.6) is 5.75 Å². The number of methoxy groups -OCH3 is 1. The van der Waals surface area contributed by atoms with Crippen LogP contribution in [0.2, 0.25) is 0 Å². The van der Waals surface area contributed by atoms with E-state index in [1.807, 2.05) is 31.2 Å². The first-order valence-electron chi connectivity index (χ1n) is 14.1. The van der Waals surface area contributed by atoms with Crippen molar-refractivity contribution in [2.75, 3.05) is 13.7 Å². The van der Waals surface area contributed by atoms with E-state index in [0.717, 1.165) is 34.0 Å². The lowest BCUT2D eigenvalue weighted by atomic mass is 10.00. The molecule has 8 nitrogen and oxygen atoms in total. The third kappa shape index (κ3) is 7.24. The van der Waals surface area contributed by atoms with Crippen molar-refractivity contribution in [3.8, 4) is 5.75 Å². The van der Waals surface area contributed by atoms with Crippen LogP contribution in [0, 0.1) is 6.92 Å². The molecule has 2 N–H and O–H groups in total. The van der Waals surface area contributed by atoms with E-state index in [0.29, 0.717) is 36.4 Å². The van der Waals surface area contributed by atoms with Gasteiger partial charge in [-0.25, -0.2) is 13.1 Å². The number of ether oxygens (including phenoxy) is 1. The van der Waals surface area contributed by atoms with Gasteiger partial charge in [-0.3, -0.25) is 9.59 Å².